The van der Waals surface area contributed by atoms with Crippen LogP contribution in [0.25, 0.3) is 0 Å². The Bertz CT molecular complexity index is 911. The molecule has 33 heavy (non-hydrogen) atoms. The summed E-state index contributed by atoms with van der Waals surface area (Å²) < 4.78 is 64.3. The fraction of sp³-hybridized carbons (Fsp3) is 0.619. The van der Waals surface area contributed by atoms with E-state index in [-0.39, 0.29) is 66.1 Å². The molecule has 3 aliphatic rings. The molecule has 2 amide bonds. The first-order chi connectivity index (χ1) is 15.5. The first-order valence-corrected chi connectivity index (χ1v) is 11.0. The van der Waals surface area contributed by atoms with Gasteiger partial charge in [0.15, 0.2) is 6.61 Å². The van der Waals surface area contributed by atoms with Gasteiger partial charge in [-0.25, -0.2) is 4.39 Å². The minimum absolute atomic E-state index is 0.0386. The molecular weight excluding hydrogens is 472 g/mol. The Morgan fingerprint density at radius 1 is 1.15 bits per heavy atom. The van der Waals surface area contributed by atoms with E-state index in [0.29, 0.717) is 6.42 Å². The highest BCUT2D eigenvalue weighted by atomic mass is 35.5. The number of rotatable bonds is 9. The standard InChI is InChI=1S/C21H23ClF4N2O5/c22-15-2-1-11(7-16(15)23)31-10-19(30)28-20-4-3-14(20)17(8-20)27-18(29)9-32-12-5-13(6-12)33-21(24,25)26/h1-2,7,12-14,17H,3-6,8-10H2,(H,27,29)(H,28,30). The van der Waals surface area contributed by atoms with Crippen LogP contribution in [0.15, 0.2) is 18.2 Å². The molecule has 0 aromatic heterocycles. The largest absolute Gasteiger partial charge is 0.522 e. The lowest BCUT2D eigenvalue weighted by Gasteiger charge is -2.63. The number of hydrogen-bond donors (Lipinski definition) is 2. The number of carbonyl (C=O) groups excluding carboxylic acids is 2. The van der Waals surface area contributed by atoms with Crippen molar-refractivity contribution < 1.29 is 41.4 Å². The smallest absolute Gasteiger partial charge is 0.484 e. The Labute approximate surface area is 192 Å². The highest BCUT2D eigenvalue weighted by molar-refractivity contribution is 6.30. The van der Waals surface area contributed by atoms with Crippen LogP contribution in [-0.2, 0) is 19.1 Å². The Balaban J connectivity index is 1.13. The van der Waals surface area contributed by atoms with Crippen LogP contribution >= 0.6 is 11.6 Å². The number of benzene rings is 1. The summed E-state index contributed by atoms with van der Waals surface area (Å²) in [7, 11) is 0. The molecule has 3 aliphatic carbocycles. The highest BCUT2D eigenvalue weighted by Gasteiger charge is 2.61. The molecule has 12 heteroatoms. The third kappa shape index (κ3) is 5.70. The van der Waals surface area contributed by atoms with Crippen LogP contribution in [0.4, 0.5) is 17.6 Å². The summed E-state index contributed by atoms with van der Waals surface area (Å²) in [4.78, 5) is 24.4. The number of halogens is 5. The molecule has 3 atom stereocenters. The third-order valence-corrected chi connectivity index (χ3v) is 6.79. The van der Waals surface area contributed by atoms with Gasteiger partial charge < -0.3 is 20.1 Å². The predicted octanol–water partition coefficient (Wildman–Crippen LogP) is 3.10. The summed E-state index contributed by atoms with van der Waals surface area (Å²) in [5.41, 5.74) is -0.388. The fourth-order valence-electron chi connectivity index (χ4n) is 4.64. The van der Waals surface area contributed by atoms with Crippen LogP contribution in [0.2, 0.25) is 5.02 Å². The lowest BCUT2D eigenvalue weighted by molar-refractivity contribution is -0.357. The number of carbonyl (C=O) groups is 2. The van der Waals surface area contributed by atoms with Gasteiger partial charge in [-0.2, -0.15) is 0 Å². The number of hydrogen-bond acceptors (Lipinski definition) is 5. The molecule has 182 valence electrons. The Kier molecular flexibility index (Phi) is 6.75. The lowest BCUT2D eigenvalue weighted by Crippen LogP contribution is -2.76. The molecular formula is C21H23ClF4N2O5. The van der Waals surface area contributed by atoms with Gasteiger partial charge in [0.1, 0.15) is 18.2 Å². The van der Waals surface area contributed by atoms with E-state index in [4.69, 9.17) is 21.1 Å². The van der Waals surface area contributed by atoms with E-state index < -0.39 is 24.4 Å². The fourth-order valence-corrected chi connectivity index (χ4v) is 4.76. The van der Waals surface area contributed by atoms with Crippen molar-refractivity contribution in [3.05, 3.63) is 29.0 Å². The molecule has 3 saturated carbocycles. The molecule has 2 N–H and O–H groups in total. The van der Waals surface area contributed by atoms with Crippen molar-refractivity contribution in [3.63, 3.8) is 0 Å². The van der Waals surface area contributed by atoms with Gasteiger partial charge in [-0.1, -0.05) is 11.6 Å². The van der Waals surface area contributed by atoms with Gasteiger partial charge in [-0.15, -0.1) is 13.2 Å². The van der Waals surface area contributed by atoms with Gasteiger partial charge >= 0.3 is 6.36 Å². The molecule has 0 heterocycles. The van der Waals surface area contributed by atoms with Crippen molar-refractivity contribution in [3.8, 4) is 5.75 Å². The normalized spacial score (nSPS) is 30.2. The molecule has 4 rings (SSSR count). The molecule has 3 fully saturated rings. The van der Waals surface area contributed by atoms with E-state index in [0.717, 1.165) is 18.9 Å². The van der Waals surface area contributed by atoms with E-state index in [9.17, 15) is 27.2 Å². The molecule has 1 aromatic carbocycles. The summed E-state index contributed by atoms with van der Waals surface area (Å²) in [6, 6.07) is 3.80. The van der Waals surface area contributed by atoms with Gasteiger partial charge in [0, 0.05) is 36.4 Å². The van der Waals surface area contributed by atoms with Crippen LogP contribution in [0, 0.1) is 11.7 Å². The summed E-state index contributed by atoms with van der Waals surface area (Å²) in [6.07, 6.45) is -3.64. The van der Waals surface area contributed by atoms with Gasteiger partial charge in [-0.3, -0.25) is 14.3 Å². The number of alkyl halides is 3. The van der Waals surface area contributed by atoms with Crippen LogP contribution < -0.4 is 15.4 Å². The van der Waals surface area contributed by atoms with Gasteiger partial charge in [0.25, 0.3) is 5.91 Å². The zero-order valence-electron chi connectivity index (χ0n) is 17.4. The third-order valence-electron chi connectivity index (χ3n) is 6.48. The monoisotopic (exact) mass is 494 g/mol. The second-order valence-electron chi connectivity index (χ2n) is 8.68. The van der Waals surface area contributed by atoms with E-state index in [1.54, 1.807) is 0 Å². The van der Waals surface area contributed by atoms with E-state index in [1.807, 2.05) is 0 Å². The quantitative estimate of drug-likeness (QED) is 0.515. The first kappa shape index (κ1) is 24.0. The van der Waals surface area contributed by atoms with Crippen molar-refractivity contribution in [2.24, 2.45) is 5.92 Å². The summed E-state index contributed by atoms with van der Waals surface area (Å²) in [6.45, 7) is -0.516. The van der Waals surface area contributed by atoms with Crippen LogP contribution in [0.3, 0.4) is 0 Å². The predicted molar refractivity (Wildman–Crippen MR) is 107 cm³/mol. The topological polar surface area (TPSA) is 85.9 Å². The van der Waals surface area contributed by atoms with Crippen molar-refractivity contribution in [1.29, 1.82) is 0 Å². The minimum Gasteiger partial charge on any atom is -0.484 e. The molecule has 7 nitrogen and oxygen atoms in total. The zero-order valence-corrected chi connectivity index (χ0v) is 18.2. The maximum atomic E-state index is 13.4. The molecule has 1 aromatic rings. The zero-order chi connectivity index (χ0) is 23.8. The van der Waals surface area contributed by atoms with Crippen molar-refractivity contribution in [2.45, 2.75) is 62.3 Å². The van der Waals surface area contributed by atoms with Crippen molar-refractivity contribution in [2.75, 3.05) is 13.2 Å². The second-order valence-corrected chi connectivity index (χ2v) is 9.09. The average molecular weight is 495 g/mol. The summed E-state index contributed by atoms with van der Waals surface area (Å²) in [5.74, 6) is -1.05. The summed E-state index contributed by atoms with van der Waals surface area (Å²) >= 11 is 5.61. The highest BCUT2D eigenvalue weighted by Crippen LogP contribution is 2.53. The Hall–Kier alpha value is -2.11. The van der Waals surface area contributed by atoms with E-state index in [2.05, 4.69) is 15.4 Å². The molecule has 3 unspecified atom stereocenters. The second kappa shape index (κ2) is 9.27. The maximum Gasteiger partial charge on any atom is 0.522 e. The average Bonchev–Trinajstić information content (AvgIpc) is 2.68. The molecule has 0 spiro atoms. The van der Waals surface area contributed by atoms with Crippen LogP contribution in [0.5, 0.6) is 5.75 Å². The summed E-state index contributed by atoms with van der Waals surface area (Å²) in [5, 5.41) is 5.77. The maximum absolute atomic E-state index is 13.4. The van der Waals surface area contributed by atoms with Crippen molar-refractivity contribution >= 4 is 23.4 Å². The first-order valence-electron chi connectivity index (χ1n) is 10.6. The lowest BCUT2D eigenvalue weighted by atomic mass is 9.50. The van der Waals surface area contributed by atoms with E-state index in [1.165, 1.54) is 12.1 Å². The van der Waals surface area contributed by atoms with E-state index >= 15 is 0 Å². The molecule has 0 aliphatic heterocycles. The van der Waals surface area contributed by atoms with Crippen LogP contribution in [0.1, 0.15) is 32.1 Å². The minimum atomic E-state index is -4.66. The van der Waals surface area contributed by atoms with Gasteiger partial charge in [-0.05, 0) is 31.4 Å². The Morgan fingerprint density at radius 3 is 2.52 bits per heavy atom. The SMILES string of the molecule is O=C(COC1CC(OC(F)(F)F)C1)NC1CC2(NC(=O)COc3ccc(Cl)c(F)c3)CCC12. The van der Waals surface area contributed by atoms with Gasteiger partial charge in [0.2, 0.25) is 5.91 Å². The molecule has 0 radical (unpaired) electrons. The van der Waals surface area contributed by atoms with Crippen molar-refractivity contribution in [1.82, 2.24) is 10.6 Å². The Morgan fingerprint density at radius 2 is 1.91 bits per heavy atom. The number of nitrogens with one attached hydrogen (secondary N) is 2. The number of ether oxygens (including phenoxy) is 3. The van der Waals surface area contributed by atoms with Crippen LogP contribution in [-0.4, -0.2) is 55.2 Å². The number of amides is 2. The molecule has 0 bridgehead atoms. The molecule has 0 saturated heterocycles. The number of fused-ring (bicyclic) bond motifs is 1. The van der Waals surface area contributed by atoms with Gasteiger partial charge in [0.05, 0.1) is 17.2 Å².